The van der Waals surface area contributed by atoms with Gasteiger partial charge in [0.25, 0.3) is 0 Å². The van der Waals surface area contributed by atoms with E-state index in [0.29, 0.717) is 0 Å². The molecule has 0 unspecified atom stereocenters. The van der Waals surface area contributed by atoms with Crippen molar-refractivity contribution in [2.45, 2.75) is 39.3 Å². The number of thioether (sulfide) groups is 1. The van der Waals surface area contributed by atoms with Crippen molar-refractivity contribution in [1.29, 1.82) is 0 Å². The highest BCUT2D eigenvalue weighted by Crippen LogP contribution is 2.25. The Morgan fingerprint density at radius 3 is 2.67 bits per heavy atom. The lowest BCUT2D eigenvalue weighted by Gasteiger charge is -2.13. The fourth-order valence-corrected chi connectivity index (χ4v) is 3.73. The van der Waals surface area contributed by atoms with Gasteiger partial charge >= 0.3 is 0 Å². The fraction of sp³-hybridized carbons (Fsp3) is 0.286. The molecule has 0 atom stereocenters. The van der Waals surface area contributed by atoms with Crippen LogP contribution in [0, 0.1) is 20.8 Å². The molecule has 1 N–H and O–H groups in total. The summed E-state index contributed by atoms with van der Waals surface area (Å²) in [5.74, 6) is 1.04. The molecule has 0 saturated heterocycles. The van der Waals surface area contributed by atoms with Crippen LogP contribution in [0.5, 0.6) is 0 Å². The van der Waals surface area contributed by atoms with E-state index in [1.165, 1.54) is 17.3 Å². The van der Waals surface area contributed by atoms with Crippen molar-refractivity contribution in [2.24, 2.45) is 0 Å². The van der Waals surface area contributed by atoms with Crippen LogP contribution < -0.4 is 5.32 Å². The average Bonchev–Trinajstić information content (AvgIpc) is 3.03. The molecule has 1 amide bonds. The summed E-state index contributed by atoms with van der Waals surface area (Å²) in [6.07, 6.45) is 0.879. The average molecular weight is 381 g/mol. The molecule has 0 saturated carbocycles. The lowest BCUT2D eigenvalue weighted by Crippen LogP contribution is -2.15. The number of carbonyl (C=O) groups excluding carboxylic acids is 1. The molecule has 0 aliphatic heterocycles. The summed E-state index contributed by atoms with van der Waals surface area (Å²) in [7, 11) is 0. The first-order valence-electron chi connectivity index (χ1n) is 8.99. The van der Waals surface area contributed by atoms with Gasteiger partial charge in [0.2, 0.25) is 5.91 Å². The molecule has 0 radical (unpaired) electrons. The molecule has 5 nitrogen and oxygen atoms in total. The third-order valence-corrected chi connectivity index (χ3v) is 5.33. The summed E-state index contributed by atoms with van der Waals surface area (Å²) in [4.78, 5) is 12.4. The summed E-state index contributed by atoms with van der Waals surface area (Å²) < 4.78 is 2.01. The van der Waals surface area contributed by atoms with E-state index in [0.717, 1.165) is 39.9 Å². The second-order valence-electron chi connectivity index (χ2n) is 6.50. The van der Waals surface area contributed by atoms with Gasteiger partial charge in [-0.25, -0.2) is 0 Å². The summed E-state index contributed by atoms with van der Waals surface area (Å²) in [5, 5.41) is 12.2. The molecular weight excluding hydrogens is 356 g/mol. The summed E-state index contributed by atoms with van der Waals surface area (Å²) in [6.45, 7) is 8.14. The Hall–Kier alpha value is -2.60. The number of benzene rings is 2. The predicted molar refractivity (Wildman–Crippen MR) is 111 cm³/mol. The van der Waals surface area contributed by atoms with Crippen LogP contribution in [0.4, 0.5) is 5.69 Å². The highest BCUT2D eigenvalue weighted by atomic mass is 32.2. The van der Waals surface area contributed by atoms with Gasteiger partial charge in [0.15, 0.2) is 5.16 Å². The van der Waals surface area contributed by atoms with Gasteiger partial charge in [-0.3, -0.25) is 9.36 Å². The van der Waals surface area contributed by atoms with Gasteiger partial charge in [-0.2, -0.15) is 0 Å². The van der Waals surface area contributed by atoms with Crippen molar-refractivity contribution in [3.05, 3.63) is 65.0 Å². The standard InChI is InChI=1S/C21H24N4OS/c1-5-17-8-6-7-9-18(17)22-20(26)13-27-21-24-23-16(4)25(21)19-12-14(2)10-11-15(19)3/h6-12H,5,13H2,1-4H3,(H,22,26). The van der Waals surface area contributed by atoms with Gasteiger partial charge in [-0.05, 0) is 56.0 Å². The minimum Gasteiger partial charge on any atom is -0.325 e. The van der Waals surface area contributed by atoms with Crippen LogP contribution >= 0.6 is 11.8 Å². The molecule has 0 fully saturated rings. The van der Waals surface area contributed by atoms with Crippen molar-refractivity contribution < 1.29 is 4.79 Å². The summed E-state index contributed by atoms with van der Waals surface area (Å²) in [6, 6.07) is 14.2. The zero-order chi connectivity index (χ0) is 19.4. The Bertz CT molecular complexity index is 965. The molecule has 1 aromatic heterocycles. The zero-order valence-corrected chi connectivity index (χ0v) is 16.9. The number of nitrogens with zero attached hydrogens (tertiary/aromatic N) is 3. The number of anilines is 1. The van der Waals surface area contributed by atoms with Crippen molar-refractivity contribution >= 4 is 23.4 Å². The molecule has 27 heavy (non-hydrogen) atoms. The Morgan fingerprint density at radius 2 is 1.89 bits per heavy atom. The molecule has 2 aromatic carbocycles. The Balaban J connectivity index is 1.76. The number of aryl methyl sites for hydroxylation is 4. The molecule has 0 aliphatic rings. The van der Waals surface area contributed by atoms with Gasteiger partial charge in [-0.1, -0.05) is 49.0 Å². The maximum Gasteiger partial charge on any atom is 0.234 e. The molecule has 0 spiro atoms. The molecule has 1 heterocycles. The third-order valence-electron chi connectivity index (χ3n) is 4.41. The SMILES string of the molecule is CCc1ccccc1NC(=O)CSc1nnc(C)n1-c1cc(C)ccc1C. The van der Waals surface area contributed by atoms with Crippen LogP contribution in [0.1, 0.15) is 29.4 Å². The number of hydrogen-bond acceptors (Lipinski definition) is 4. The number of rotatable bonds is 6. The highest BCUT2D eigenvalue weighted by Gasteiger charge is 2.15. The number of para-hydroxylation sites is 1. The fourth-order valence-electron chi connectivity index (χ4n) is 2.94. The van der Waals surface area contributed by atoms with Crippen LogP contribution in [0.25, 0.3) is 5.69 Å². The first kappa shape index (κ1) is 19.2. The molecule has 6 heteroatoms. The normalized spacial score (nSPS) is 10.8. The van der Waals surface area contributed by atoms with E-state index in [-0.39, 0.29) is 11.7 Å². The Labute approximate surface area is 164 Å². The lowest BCUT2D eigenvalue weighted by atomic mass is 10.1. The molecular formula is C21H24N4OS. The number of amides is 1. The summed E-state index contributed by atoms with van der Waals surface area (Å²) in [5.41, 5.74) is 5.37. The van der Waals surface area contributed by atoms with Crippen molar-refractivity contribution in [1.82, 2.24) is 14.8 Å². The van der Waals surface area contributed by atoms with Crippen molar-refractivity contribution in [2.75, 3.05) is 11.1 Å². The van der Waals surface area contributed by atoms with E-state index in [1.807, 2.05) is 35.8 Å². The first-order valence-corrected chi connectivity index (χ1v) is 9.98. The molecule has 140 valence electrons. The van der Waals surface area contributed by atoms with E-state index in [1.54, 1.807) is 0 Å². The van der Waals surface area contributed by atoms with Crippen LogP contribution in [-0.2, 0) is 11.2 Å². The number of hydrogen-bond donors (Lipinski definition) is 1. The quantitative estimate of drug-likeness (QED) is 0.640. The number of aromatic nitrogens is 3. The highest BCUT2D eigenvalue weighted by molar-refractivity contribution is 7.99. The molecule has 3 rings (SSSR count). The predicted octanol–water partition coefficient (Wildman–Crippen LogP) is 4.49. The van der Waals surface area contributed by atoms with Crippen LogP contribution in [0.2, 0.25) is 0 Å². The Morgan fingerprint density at radius 1 is 1.11 bits per heavy atom. The van der Waals surface area contributed by atoms with E-state index < -0.39 is 0 Å². The van der Waals surface area contributed by atoms with Gasteiger partial charge in [0.1, 0.15) is 5.82 Å². The minimum atomic E-state index is -0.0472. The zero-order valence-electron chi connectivity index (χ0n) is 16.1. The van der Waals surface area contributed by atoms with Gasteiger partial charge in [-0.15, -0.1) is 10.2 Å². The van der Waals surface area contributed by atoms with Crippen molar-refractivity contribution in [3.63, 3.8) is 0 Å². The smallest absolute Gasteiger partial charge is 0.234 e. The second kappa shape index (κ2) is 8.39. The summed E-state index contributed by atoms with van der Waals surface area (Å²) >= 11 is 1.40. The minimum absolute atomic E-state index is 0.0472. The Kier molecular flexibility index (Phi) is 5.96. The maximum atomic E-state index is 12.4. The third kappa shape index (κ3) is 4.39. The van der Waals surface area contributed by atoms with Crippen LogP contribution in [0.3, 0.4) is 0 Å². The molecule has 0 bridgehead atoms. The topological polar surface area (TPSA) is 59.8 Å². The van der Waals surface area contributed by atoms with Crippen molar-refractivity contribution in [3.8, 4) is 5.69 Å². The van der Waals surface area contributed by atoms with Gasteiger partial charge in [0.05, 0.1) is 11.4 Å². The number of nitrogens with one attached hydrogen (secondary N) is 1. The van der Waals surface area contributed by atoms with E-state index in [9.17, 15) is 4.79 Å². The number of carbonyl (C=O) groups is 1. The molecule has 3 aromatic rings. The van der Waals surface area contributed by atoms with Gasteiger partial charge < -0.3 is 5.32 Å². The maximum absolute atomic E-state index is 12.4. The largest absolute Gasteiger partial charge is 0.325 e. The lowest BCUT2D eigenvalue weighted by molar-refractivity contribution is -0.113. The van der Waals surface area contributed by atoms with E-state index >= 15 is 0 Å². The monoisotopic (exact) mass is 380 g/mol. The van der Waals surface area contributed by atoms with Gasteiger partial charge in [0, 0.05) is 5.69 Å². The van der Waals surface area contributed by atoms with E-state index in [4.69, 9.17) is 0 Å². The van der Waals surface area contributed by atoms with Crippen LogP contribution in [0.15, 0.2) is 47.6 Å². The van der Waals surface area contributed by atoms with Crippen LogP contribution in [-0.4, -0.2) is 26.4 Å². The molecule has 0 aliphatic carbocycles. The first-order chi connectivity index (χ1) is 13.0. The van der Waals surface area contributed by atoms with E-state index in [2.05, 4.69) is 54.5 Å². The second-order valence-corrected chi connectivity index (χ2v) is 7.45.